The Morgan fingerprint density at radius 3 is 2.50 bits per heavy atom. The number of aromatic nitrogens is 2. The minimum atomic E-state index is -0.318. The van der Waals surface area contributed by atoms with Crippen LogP contribution < -0.4 is 10.2 Å². The van der Waals surface area contributed by atoms with Gasteiger partial charge >= 0.3 is 5.97 Å². The van der Waals surface area contributed by atoms with Gasteiger partial charge in [0.1, 0.15) is 21.9 Å². The molecular weight excluding hydrogens is 348 g/mol. The normalized spacial score (nSPS) is 11.0. The molecule has 0 saturated heterocycles. The Morgan fingerprint density at radius 1 is 1.19 bits per heavy atom. The summed E-state index contributed by atoms with van der Waals surface area (Å²) in [7, 11) is 4.01. The van der Waals surface area contributed by atoms with E-state index in [0.29, 0.717) is 10.7 Å². The van der Waals surface area contributed by atoms with Crippen molar-refractivity contribution in [2.45, 2.75) is 26.9 Å². The number of ether oxygens (including phenoxy) is 1. The van der Waals surface area contributed by atoms with Gasteiger partial charge < -0.3 is 15.0 Å². The maximum atomic E-state index is 12.3. The summed E-state index contributed by atoms with van der Waals surface area (Å²) in [4.78, 5) is 24.4. The third-order valence-corrected chi connectivity index (χ3v) is 5.08. The number of nitrogens with one attached hydrogen (secondary N) is 1. The van der Waals surface area contributed by atoms with Crippen molar-refractivity contribution in [2.75, 3.05) is 24.3 Å². The number of carbonyl (C=O) groups excluding carboxylic acids is 1. The number of hydrogen-bond donors (Lipinski definition) is 1. The summed E-state index contributed by atoms with van der Waals surface area (Å²) in [6.07, 6.45) is 1.35. The second-order valence-corrected chi connectivity index (χ2v) is 7.48. The molecule has 0 bridgehead atoms. The quantitative estimate of drug-likeness (QED) is 0.673. The Hall–Kier alpha value is -2.67. The van der Waals surface area contributed by atoms with Crippen molar-refractivity contribution in [3.8, 4) is 0 Å². The summed E-state index contributed by atoms with van der Waals surface area (Å²) in [5.74, 6) is 0.367. The summed E-state index contributed by atoms with van der Waals surface area (Å²) < 4.78 is 5.34. The van der Waals surface area contributed by atoms with E-state index in [9.17, 15) is 4.79 Å². The highest BCUT2D eigenvalue weighted by Crippen LogP contribution is 2.35. The molecule has 6 nitrogen and oxygen atoms in total. The molecule has 0 atom stereocenters. The summed E-state index contributed by atoms with van der Waals surface area (Å²) in [5.41, 5.74) is 2.88. The molecule has 26 heavy (non-hydrogen) atoms. The lowest BCUT2D eigenvalue weighted by Crippen LogP contribution is -2.11. The number of anilines is 3. The Bertz CT molecular complexity index is 933. The first-order chi connectivity index (χ1) is 12.4. The molecule has 0 amide bonds. The van der Waals surface area contributed by atoms with Crippen LogP contribution in [-0.2, 0) is 4.74 Å². The number of fused-ring (bicyclic) bond motifs is 1. The lowest BCUT2D eigenvalue weighted by Gasteiger charge is -2.13. The van der Waals surface area contributed by atoms with Crippen molar-refractivity contribution in [2.24, 2.45) is 0 Å². The first kappa shape index (κ1) is 18.1. The molecular formula is C19H22N4O2S. The molecule has 1 aromatic carbocycles. The predicted octanol–water partition coefficient (Wildman–Crippen LogP) is 4.37. The maximum absolute atomic E-state index is 12.3. The van der Waals surface area contributed by atoms with E-state index in [4.69, 9.17) is 4.74 Å². The zero-order valence-electron chi connectivity index (χ0n) is 15.5. The van der Waals surface area contributed by atoms with E-state index in [1.165, 1.54) is 17.7 Å². The number of nitrogens with zero attached hydrogens (tertiary/aromatic N) is 3. The predicted molar refractivity (Wildman–Crippen MR) is 107 cm³/mol. The van der Waals surface area contributed by atoms with Gasteiger partial charge in [-0.15, -0.1) is 11.3 Å². The van der Waals surface area contributed by atoms with Crippen molar-refractivity contribution in [1.29, 1.82) is 0 Å². The fraction of sp³-hybridized carbons (Fsp3) is 0.316. The SMILES string of the molecule is Cc1c(C(=O)OC(C)C)sc2ncnc(Nc3ccc(N(C)C)cc3)c12. The standard InChI is InChI=1S/C19H22N4O2S/c1-11(2)25-19(24)16-12(3)15-17(20-10-21-18(15)26-16)22-13-6-8-14(9-7-13)23(4)5/h6-11H,1-5H3,(H,20,21,22). The Labute approximate surface area is 156 Å². The molecule has 136 valence electrons. The van der Waals surface area contributed by atoms with E-state index in [1.807, 2.05) is 64.0 Å². The number of thiophene rings is 1. The zero-order valence-corrected chi connectivity index (χ0v) is 16.3. The molecule has 0 aliphatic heterocycles. The van der Waals surface area contributed by atoms with Crippen LogP contribution in [0, 0.1) is 6.92 Å². The van der Waals surface area contributed by atoms with Crippen LogP contribution in [0.1, 0.15) is 29.1 Å². The van der Waals surface area contributed by atoms with Crippen molar-refractivity contribution in [1.82, 2.24) is 9.97 Å². The molecule has 0 aliphatic rings. The van der Waals surface area contributed by atoms with Crippen LogP contribution in [0.4, 0.5) is 17.2 Å². The molecule has 0 spiro atoms. The number of esters is 1. The molecule has 0 radical (unpaired) electrons. The molecule has 3 rings (SSSR count). The first-order valence-corrected chi connectivity index (χ1v) is 9.18. The molecule has 0 fully saturated rings. The molecule has 0 saturated carbocycles. The van der Waals surface area contributed by atoms with E-state index in [1.54, 1.807) is 0 Å². The third-order valence-electron chi connectivity index (χ3n) is 3.90. The zero-order chi connectivity index (χ0) is 18.8. The Balaban J connectivity index is 1.96. The fourth-order valence-electron chi connectivity index (χ4n) is 2.61. The van der Waals surface area contributed by atoms with Crippen molar-refractivity contribution < 1.29 is 9.53 Å². The second-order valence-electron chi connectivity index (χ2n) is 6.48. The van der Waals surface area contributed by atoms with Gasteiger partial charge in [0.2, 0.25) is 0 Å². The molecule has 0 aliphatic carbocycles. The van der Waals surface area contributed by atoms with Gasteiger partial charge in [0, 0.05) is 25.5 Å². The van der Waals surface area contributed by atoms with Crippen LogP contribution >= 0.6 is 11.3 Å². The van der Waals surface area contributed by atoms with Crippen LogP contribution in [0.15, 0.2) is 30.6 Å². The molecule has 3 aromatic rings. The minimum absolute atomic E-state index is 0.161. The van der Waals surface area contributed by atoms with Gasteiger partial charge in [-0.1, -0.05) is 0 Å². The minimum Gasteiger partial charge on any atom is -0.459 e. The molecule has 7 heteroatoms. The number of benzene rings is 1. The average Bonchev–Trinajstić information content (AvgIpc) is 2.93. The number of rotatable bonds is 5. The highest BCUT2D eigenvalue weighted by Gasteiger charge is 2.21. The molecule has 2 heterocycles. The van der Waals surface area contributed by atoms with Crippen molar-refractivity contribution in [3.63, 3.8) is 0 Å². The summed E-state index contributed by atoms with van der Waals surface area (Å²) in [6, 6.07) is 8.07. The topological polar surface area (TPSA) is 67.3 Å². The summed E-state index contributed by atoms with van der Waals surface area (Å²) >= 11 is 1.33. The van der Waals surface area contributed by atoms with Crippen LogP contribution in [-0.4, -0.2) is 36.1 Å². The fourth-order valence-corrected chi connectivity index (χ4v) is 3.64. The van der Waals surface area contributed by atoms with Crippen molar-refractivity contribution in [3.05, 3.63) is 41.0 Å². The van der Waals surface area contributed by atoms with Gasteiger partial charge in [-0.3, -0.25) is 0 Å². The van der Waals surface area contributed by atoms with E-state index >= 15 is 0 Å². The van der Waals surface area contributed by atoms with Crippen LogP contribution in [0.25, 0.3) is 10.2 Å². The van der Waals surface area contributed by atoms with Gasteiger partial charge in [-0.2, -0.15) is 0 Å². The van der Waals surface area contributed by atoms with E-state index < -0.39 is 0 Å². The summed E-state index contributed by atoms with van der Waals surface area (Å²) in [5, 5.41) is 4.18. The lowest BCUT2D eigenvalue weighted by atomic mass is 10.2. The van der Waals surface area contributed by atoms with Crippen LogP contribution in [0.3, 0.4) is 0 Å². The highest BCUT2D eigenvalue weighted by molar-refractivity contribution is 7.20. The number of hydrogen-bond acceptors (Lipinski definition) is 7. The number of carbonyl (C=O) groups is 1. The summed E-state index contributed by atoms with van der Waals surface area (Å²) in [6.45, 7) is 5.58. The van der Waals surface area contributed by atoms with E-state index in [0.717, 1.165) is 27.2 Å². The highest BCUT2D eigenvalue weighted by atomic mass is 32.1. The molecule has 1 N–H and O–H groups in total. The van der Waals surface area contributed by atoms with E-state index in [2.05, 4.69) is 15.3 Å². The van der Waals surface area contributed by atoms with Gasteiger partial charge in [0.05, 0.1) is 11.5 Å². The largest absolute Gasteiger partial charge is 0.459 e. The van der Waals surface area contributed by atoms with Gasteiger partial charge in [-0.05, 0) is 50.6 Å². The maximum Gasteiger partial charge on any atom is 0.348 e. The molecule has 2 aromatic heterocycles. The smallest absolute Gasteiger partial charge is 0.348 e. The monoisotopic (exact) mass is 370 g/mol. The number of aryl methyl sites for hydroxylation is 1. The van der Waals surface area contributed by atoms with E-state index in [-0.39, 0.29) is 12.1 Å². The van der Waals surface area contributed by atoms with Crippen molar-refractivity contribution >= 4 is 44.7 Å². The second kappa shape index (κ2) is 7.29. The average molecular weight is 370 g/mol. The van der Waals surface area contributed by atoms with Gasteiger partial charge in [0.15, 0.2) is 0 Å². The Morgan fingerprint density at radius 2 is 1.88 bits per heavy atom. The molecule has 0 unspecified atom stereocenters. The first-order valence-electron chi connectivity index (χ1n) is 8.36. The lowest BCUT2D eigenvalue weighted by molar-refractivity contribution is 0.0383. The Kier molecular flexibility index (Phi) is 5.08. The third kappa shape index (κ3) is 3.62. The van der Waals surface area contributed by atoms with Gasteiger partial charge in [0.25, 0.3) is 0 Å². The van der Waals surface area contributed by atoms with Gasteiger partial charge in [-0.25, -0.2) is 14.8 Å². The van der Waals surface area contributed by atoms with Crippen LogP contribution in [0.5, 0.6) is 0 Å². The van der Waals surface area contributed by atoms with Crippen LogP contribution in [0.2, 0.25) is 0 Å².